The average molecular weight is 418 g/mol. The maximum atomic E-state index is 12.9. The van der Waals surface area contributed by atoms with E-state index in [0.29, 0.717) is 6.04 Å². The number of carbonyl (C=O) groups is 1. The topological polar surface area (TPSA) is 55.4 Å². The van der Waals surface area contributed by atoms with Gasteiger partial charge in [-0.05, 0) is 49.2 Å². The van der Waals surface area contributed by atoms with Crippen molar-refractivity contribution in [1.82, 2.24) is 23.8 Å². The van der Waals surface area contributed by atoms with Crippen molar-refractivity contribution in [3.63, 3.8) is 0 Å². The number of pyridine rings is 1. The molecule has 0 spiro atoms. The fourth-order valence-corrected chi connectivity index (χ4v) is 4.73. The van der Waals surface area contributed by atoms with Crippen LogP contribution in [0, 0.1) is 0 Å². The van der Waals surface area contributed by atoms with Gasteiger partial charge in [-0.2, -0.15) is 0 Å². The van der Waals surface area contributed by atoms with Gasteiger partial charge < -0.3 is 13.9 Å². The van der Waals surface area contributed by atoms with E-state index >= 15 is 0 Å². The first-order valence-electron chi connectivity index (χ1n) is 10.2. The molecule has 1 fully saturated rings. The number of fused-ring (bicyclic) bond motifs is 1. The number of imidazole rings is 2. The van der Waals surface area contributed by atoms with Crippen LogP contribution >= 0.6 is 11.8 Å². The van der Waals surface area contributed by atoms with Crippen LogP contribution in [0.5, 0.6) is 0 Å². The summed E-state index contributed by atoms with van der Waals surface area (Å²) in [5, 5.41) is 0. The first kappa shape index (κ1) is 18.9. The third kappa shape index (κ3) is 3.98. The fraction of sp³-hybridized carbons (Fsp3) is 0.261. The average Bonchev–Trinajstić information content (AvgIpc) is 3.47. The molecule has 0 radical (unpaired) electrons. The molecule has 0 atom stereocenters. The summed E-state index contributed by atoms with van der Waals surface area (Å²) in [6, 6.07) is 14.4. The van der Waals surface area contributed by atoms with Crippen molar-refractivity contribution in [2.24, 2.45) is 0 Å². The second kappa shape index (κ2) is 8.36. The van der Waals surface area contributed by atoms with E-state index in [0.717, 1.165) is 53.5 Å². The number of nitrogens with zero attached hydrogens (tertiary/aromatic N) is 5. The molecule has 30 heavy (non-hydrogen) atoms. The zero-order valence-corrected chi connectivity index (χ0v) is 17.4. The molecule has 5 rings (SSSR count). The quantitative estimate of drug-likeness (QED) is 0.454. The molecule has 4 aromatic rings. The van der Waals surface area contributed by atoms with Crippen LogP contribution in [0.3, 0.4) is 0 Å². The van der Waals surface area contributed by atoms with Crippen LogP contribution in [0.25, 0.3) is 5.65 Å². The maximum Gasteiger partial charge on any atom is 0.253 e. The van der Waals surface area contributed by atoms with E-state index in [2.05, 4.69) is 20.7 Å². The largest absolute Gasteiger partial charge is 0.338 e. The molecule has 3 aromatic heterocycles. The summed E-state index contributed by atoms with van der Waals surface area (Å²) in [5.74, 6) is 0.924. The highest BCUT2D eigenvalue weighted by Crippen LogP contribution is 2.25. The molecule has 7 heteroatoms. The minimum absolute atomic E-state index is 0.121. The molecule has 152 valence electrons. The normalized spacial score (nSPS) is 15.0. The number of carbonyl (C=O) groups excluding carboxylic acids is 1. The number of piperidine rings is 1. The van der Waals surface area contributed by atoms with Crippen molar-refractivity contribution in [3.8, 4) is 0 Å². The Balaban J connectivity index is 1.17. The zero-order chi connectivity index (χ0) is 20.3. The summed E-state index contributed by atoms with van der Waals surface area (Å²) in [6.45, 7) is 1.57. The van der Waals surface area contributed by atoms with E-state index in [4.69, 9.17) is 0 Å². The predicted octanol–water partition coefficient (Wildman–Crippen LogP) is 4.30. The van der Waals surface area contributed by atoms with E-state index in [9.17, 15) is 4.79 Å². The van der Waals surface area contributed by atoms with Crippen LogP contribution in [0.2, 0.25) is 0 Å². The van der Waals surface area contributed by atoms with E-state index in [1.54, 1.807) is 11.8 Å². The van der Waals surface area contributed by atoms with Gasteiger partial charge in [-0.25, -0.2) is 9.97 Å². The highest BCUT2D eigenvalue weighted by Gasteiger charge is 2.24. The Morgan fingerprint density at radius 2 is 1.90 bits per heavy atom. The van der Waals surface area contributed by atoms with Crippen LogP contribution in [-0.4, -0.2) is 42.8 Å². The Bertz CT molecular complexity index is 1100. The summed E-state index contributed by atoms with van der Waals surface area (Å²) in [6.07, 6.45) is 11.7. The van der Waals surface area contributed by atoms with Crippen molar-refractivity contribution < 1.29 is 4.79 Å². The molecule has 0 saturated carbocycles. The fourth-order valence-electron chi connectivity index (χ4n) is 3.94. The van der Waals surface area contributed by atoms with Gasteiger partial charge in [-0.3, -0.25) is 4.79 Å². The van der Waals surface area contributed by atoms with Crippen molar-refractivity contribution >= 4 is 23.3 Å². The molecule has 4 heterocycles. The number of aromatic nitrogens is 4. The van der Waals surface area contributed by atoms with Crippen molar-refractivity contribution in [1.29, 1.82) is 0 Å². The van der Waals surface area contributed by atoms with Gasteiger partial charge in [0.2, 0.25) is 0 Å². The molecule has 1 saturated heterocycles. The van der Waals surface area contributed by atoms with Crippen LogP contribution < -0.4 is 0 Å². The number of amides is 1. The number of rotatable bonds is 5. The minimum Gasteiger partial charge on any atom is -0.338 e. The Labute approximate surface area is 179 Å². The highest BCUT2D eigenvalue weighted by atomic mass is 32.2. The van der Waals surface area contributed by atoms with Crippen molar-refractivity contribution in [2.45, 2.75) is 29.5 Å². The number of hydrogen-bond donors (Lipinski definition) is 0. The lowest BCUT2D eigenvalue weighted by atomic mass is 10.0. The lowest BCUT2D eigenvalue weighted by Crippen LogP contribution is -2.38. The summed E-state index contributed by atoms with van der Waals surface area (Å²) >= 11 is 1.73. The molecular formula is C23H23N5OS. The van der Waals surface area contributed by atoms with Gasteiger partial charge in [0.25, 0.3) is 5.91 Å². The lowest BCUT2D eigenvalue weighted by Gasteiger charge is -2.32. The molecule has 0 bridgehead atoms. The molecule has 6 nitrogen and oxygen atoms in total. The first-order valence-corrected chi connectivity index (χ1v) is 11.2. The molecule has 0 N–H and O–H groups in total. The van der Waals surface area contributed by atoms with Crippen LogP contribution in [-0.2, 0) is 5.75 Å². The van der Waals surface area contributed by atoms with Gasteiger partial charge in [0, 0.05) is 60.1 Å². The first-order chi connectivity index (χ1) is 14.8. The third-order valence-corrected chi connectivity index (χ3v) is 6.65. The Hall–Kier alpha value is -3.06. The predicted molar refractivity (Wildman–Crippen MR) is 118 cm³/mol. The van der Waals surface area contributed by atoms with Crippen LogP contribution in [0.15, 0.2) is 78.5 Å². The number of likely N-dealkylation sites (tertiary alicyclic amines) is 1. The number of benzene rings is 1. The molecule has 1 aliphatic rings. The van der Waals surface area contributed by atoms with Gasteiger partial charge >= 0.3 is 0 Å². The minimum atomic E-state index is 0.121. The zero-order valence-electron chi connectivity index (χ0n) is 16.6. The molecule has 1 amide bonds. The van der Waals surface area contributed by atoms with Crippen molar-refractivity contribution in [2.75, 3.05) is 13.1 Å². The van der Waals surface area contributed by atoms with E-state index < -0.39 is 0 Å². The van der Waals surface area contributed by atoms with Crippen LogP contribution in [0.1, 0.15) is 34.9 Å². The second-order valence-electron chi connectivity index (χ2n) is 7.54. The third-order valence-electron chi connectivity index (χ3n) is 5.60. The Morgan fingerprint density at radius 1 is 1.07 bits per heavy atom. The number of hydrogen-bond acceptors (Lipinski definition) is 4. The number of thioether (sulfide) groups is 1. The molecule has 0 aliphatic carbocycles. The summed E-state index contributed by atoms with van der Waals surface area (Å²) in [7, 11) is 0. The molecule has 1 aromatic carbocycles. The lowest BCUT2D eigenvalue weighted by molar-refractivity contribution is 0.0694. The van der Waals surface area contributed by atoms with Crippen molar-refractivity contribution in [3.05, 3.63) is 84.8 Å². The van der Waals surface area contributed by atoms with Gasteiger partial charge in [0.1, 0.15) is 5.65 Å². The summed E-state index contributed by atoms with van der Waals surface area (Å²) < 4.78 is 4.19. The molecular weight excluding hydrogens is 394 g/mol. The smallest absolute Gasteiger partial charge is 0.253 e. The van der Waals surface area contributed by atoms with Gasteiger partial charge in [-0.1, -0.05) is 6.07 Å². The summed E-state index contributed by atoms with van der Waals surface area (Å²) in [5.41, 5.74) is 2.77. The monoisotopic (exact) mass is 417 g/mol. The van der Waals surface area contributed by atoms with E-state index in [1.165, 1.54) is 0 Å². The van der Waals surface area contributed by atoms with Gasteiger partial charge in [0.05, 0.1) is 12.0 Å². The van der Waals surface area contributed by atoms with Gasteiger partial charge in [-0.15, -0.1) is 11.8 Å². The Morgan fingerprint density at radius 3 is 2.63 bits per heavy atom. The van der Waals surface area contributed by atoms with Crippen LogP contribution in [0.4, 0.5) is 0 Å². The summed E-state index contributed by atoms with van der Waals surface area (Å²) in [4.78, 5) is 24.7. The van der Waals surface area contributed by atoms with E-state index in [-0.39, 0.29) is 5.91 Å². The Kier molecular flexibility index (Phi) is 5.27. The second-order valence-corrected chi connectivity index (χ2v) is 8.59. The maximum absolute atomic E-state index is 12.9. The van der Waals surface area contributed by atoms with E-state index in [1.807, 2.05) is 76.7 Å². The molecule has 0 unspecified atom stereocenters. The molecule has 1 aliphatic heterocycles. The van der Waals surface area contributed by atoms with Gasteiger partial charge in [0.15, 0.2) is 0 Å². The SMILES string of the molecule is O=C(c1ccc(SCc2cn3ccccc3n2)cc1)N1CCC(n2ccnc2)CC1. The highest BCUT2D eigenvalue weighted by molar-refractivity contribution is 7.98. The standard InChI is InChI=1S/C23H23N5OS/c29-23(26-12-8-20(9-13-26)28-14-10-24-17-28)18-4-6-21(7-5-18)30-16-19-15-27-11-2-1-3-22(27)25-19/h1-7,10-11,14-15,17,20H,8-9,12-13,16H2.